The average Bonchev–Trinajstić information content (AvgIpc) is 3.91. The molecule has 0 aromatic heterocycles. The van der Waals surface area contributed by atoms with Gasteiger partial charge in [0, 0.05) is 45.9 Å². The van der Waals surface area contributed by atoms with Crippen LogP contribution in [0.15, 0.2) is 103 Å². The zero-order chi connectivity index (χ0) is 37.0. The highest BCUT2D eigenvalue weighted by Crippen LogP contribution is 2.46. The van der Waals surface area contributed by atoms with Crippen LogP contribution in [-0.4, -0.2) is 60.6 Å². The first-order valence-electron chi connectivity index (χ1n) is 20.2. The molecule has 8 heteroatoms. The second kappa shape index (κ2) is 16.9. The van der Waals surface area contributed by atoms with Crippen LogP contribution in [0.3, 0.4) is 0 Å². The molecule has 1 saturated carbocycles. The van der Waals surface area contributed by atoms with Crippen LogP contribution >= 0.6 is 14.6 Å². The van der Waals surface area contributed by atoms with Gasteiger partial charge < -0.3 is 4.90 Å². The molecule has 1 aliphatic carbocycles. The maximum atomic E-state index is 15.7. The van der Waals surface area contributed by atoms with E-state index in [0.29, 0.717) is 17.9 Å². The van der Waals surface area contributed by atoms with Gasteiger partial charge in [0.2, 0.25) is 14.6 Å². The van der Waals surface area contributed by atoms with Crippen molar-refractivity contribution in [3.63, 3.8) is 0 Å². The van der Waals surface area contributed by atoms with Gasteiger partial charge in [-0.25, -0.2) is 0 Å². The highest BCUT2D eigenvalue weighted by Gasteiger charge is 2.41. The Morgan fingerprint density at radius 2 is 1.26 bits per heavy atom. The number of nitrogens with zero attached hydrogens (tertiary/aromatic N) is 2. The lowest BCUT2D eigenvalue weighted by Gasteiger charge is -2.43. The van der Waals surface area contributed by atoms with Gasteiger partial charge >= 0.3 is 0 Å². The van der Waals surface area contributed by atoms with E-state index in [1.165, 1.54) is 31.2 Å². The van der Waals surface area contributed by atoms with Crippen LogP contribution in [0, 0.1) is 19.8 Å². The molecule has 3 aliphatic rings. The smallest absolute Gasteiger partial charge is 0.205 e. The summed E-state index contributed by atoms with van der Waals surface area (Å²) in [4.78, 5) is 5.19. The number of likely N-dealkylation sites (tertiary alicyclic amines) is 2. The van der Waals surface area contributed by atoms with E-state index in [4.69, 9.17) is 0 Å². The zero-order valence-corrected chi connectivity index (χ0v) is 34.1. The van der Waals surface area contributed by atoms with Crippen molar-refractivity contribution in [2.45, 2.75) is 96.7 Å². The van der Waals surface area contributed by atoms with E-state index in [0.717, 1.165) is 84.3 Å². The van der Waals surface area contributed by atoms with Crippen molar-refractivity contribution in [3.8, 4) is 0 Å². The minimum absolute atomic E-state index is 0.0650. The first-order chi connectivity index (χ1) is 25.7. The number of hydrogen-bond donors (Lipinski definition) is 2. The molecule has 6 nitrogen and oxygen atoms in total. The lowest BCUT2D eigenvalue weighted by molar-refractivity contribution is 0.151. The minimum atomic E-state index is -3.19. The Morgan fingerprint density at radius 1 is 0.679 bits per heavy atom. The summed E-state index contributed by atoms with van der Waals surface area (Å²) in [7, 11) is -6.32. The third-order valence-corrected chi connectivity index (χ3v) is 18.1. The predicted octanol–water partition coefficient (Wildman–Crippen LogP) is 7.86. The lowest BCUT2D eigenvalue weighted by atomic mass is 9.78. The van der Waals surface area contributed by atoms with Gasteiger partial charge in [0.15, 0.2) is 0 Å². The van der Waals surface area contributed by atoms with Crippen LogP contribution in [-0.2, 0) is 9.13 Å². The topological polar surface area (TPSA) is 64.7 Å². The molecular weight excluding hydrogens is 690 g/mol. The van der Waals surface area contributed by atoms with Crippen LogP contribution in [0.4, 0.5) is 0 Å². The molecular formula is C45H60N4O2P2. The molecule has 0 radical (unpaired) electrons. The summed E-state index contributed by atoms with van der Waals surface area (Å²) in [6.45, 7) is 14.1. The molecule has 5 atom stereocenters. The molecule has 2 unspecified atom stereocenters. The molecule has 2 heterocycles. The fraction of sp³-hybridized carbons (Fsp3) is 0.467. The van der Waals surface area contributed by atoms with Gasteiger partial charge in [-0.3, -0.25) is 24.2 Å². The second-order valence-corrected chi connectivity index (χ2v) is 21.2. The maximum Gasteiger partial charge on any atom is 0.205 e. The number of aryl methyl sites for hydroxylation is 2. The predicted molar refractivity (Wildman–Crippen MR) is 225 cm³/mol. The maximum absolute atomic E-state index is 15.7. The van der Waals surface area contributed by atoms with Crippen molar-refractivity contribution >= 4 is 35.8 Å². The fourth-order valence-electron chi connectivity index (χ4n) is 9.26. The number of nitrogens with one attached hydrogen (secondary N) is 2. The van der Waals surface area contributed by atoms with Crippen LogP contribution in [0.25, 0.3) is 0 Å². The van der Waals surface area contributed by atoms with Crippen molar-refractivity contribution in [3.05, 3.63) is 120 Å². The molecule has 282 valence electrons. The fourth-order valence-corrected chi connectivity index (χ4v) is 14.9. The van der Waals surface area contributed by atoms with E-state index in [-0.39, 0.29) is 12.1 Å². The Morgan fingerprint density at radius 3 is 1.87 bits per heavy atom. The van der Waals surface area contributed by atoms with Crippen molar-refractivity contribution in [2.75, 3.05) is 32.7 Å². The van der Waals surface area contributed by atoms with Gasteiger partial charge in [-0.1, -0.05) is 80.6 Å². The summed E-state index contributed by atoms with van der Waals surface area (Å²) in [5.74, 6) is 0.647. The van der Waals surface area contributed by atoms with Crippen LogP contribution in [0.2, 0.25) is 0 Å². The summed E-state index contributed by atoms with van der Waals surface area (Å²) >= 11 is 0. The highest BCUT2D eigenvalue weighted by atomic mass is 31.2. The lowest BCUT2D eigenvalue weighted by Crippen LogP contribution is -2.52. The Kier molecular flexibility index (Phi) is 12.3. The van der Waals surface area contributed by atoms with E-state index in [9.17, 15) is 0 Å². The Hall–Kier alpha value is -2.82. The molecule has 4 aromatic rings. The first-order valence-corrected chi connectivity index (χ1v) is 23.6. The molecule has 2 aliphatic heterocycles. The first kappa shape index (κ1) is 38.5. The summed E-state index contributed by atoms with van der Waals surface area (Å²) in [5, 5.41) is 11.3. The molecule has 3 fully saturated rings. The molecule has 0 amide bonds. The Bertz CT molecular complexity index is 1860. The van der Waals surface area contributed by atoms with Gasteiger partial charge in [0.1, 0.15) is 0 Å². The van der Waals surface area contributed by atoms with Crippen LogP contribution in [0.1, 0.15) is 81.4 Å². The molecule has 0 bridgehead atoms. The van der Waals surface area contributed by atoms with E-state index in [1.54, 1.807) is 0 Å². The molecule has 4 aromatic carbocycles. The third-order valence-electron chi connectivity index (χ3n) is 12.3. The summed E-state index contributed by atoms with van der Waals surface area (Å²) in [6.07, 6.45) is 7.99. The van der Waals surface area contributed by atoms with Crippen molar-refractivity contribution < 1.29 is 9.13 Å². The van der Waals surface area contributed by atoms with E-state index < -0.39 is 14.6 Å². The number of benzene rings is 4. The number of hydrogen-bond acceptors (Lipinski definition) is 4. The molecule has 7 rings (SSSR count). The molecule has 2 N–H and O–H groups in total. The minimum Gasteiger partial charge on any atom is -0.302 e. The zero-order valence-electron chi connectivity index (χ0n) is 32.3. The van der Waals surface area contributed by atoms with Crippen LogP contribution < -0.4 is 31.4 Å². The largest absolute Gasteiger partial charge is 0.302 e. The normalized spacial score (nSPS) is 23.3. The van der Waals surface area contributed by atoms with Crippen molar-refractivity contribution in [1.82, 2.24) is 20.0 Å². The molecule has 53 heavy (non-hydrogen) atoms. The highest BCUT2D eigenvalue weighted by molar-refractivity contribution is 7.77. The monoisotopic (exact) mass is 750 g/mol. The summed E-state index contributed by atoms with van der Waals surface area (Å²) in [6, 6.07) is 35.5. The second-order valence-electron chi connectivity index (χ2n) is 16.3. The van der Waals surface area contributed by atoms with Gasteiger partial charge in [0.25, 0.3) is 0 Å². The van der Waals surface area contributed by atoms with E-state index >= 15 is 9.13 Å². The number of rotatable bonds is 13. The van der Waals surface area contributed by atoms with E-state index in [1.807, 2.05) is 72.8 Å². The standard InChI is InChI=1S/C45H60N4O2P2/c1-34(2)42(33-48-27-13-14-28-48)47-53(51,44-22-12-11-17-35(44)3)45-26-24-37(31-36(45)4)38-23-25-43(49-29-15-16-30-49)41(32-38)46-52(50,39-18-7-5-8-19-39)40-20-9-6-10-21-40/h5-12,17-22,24,26,31,34,38,41-43H,13-16,23,25,27-30,32-33H2,1-4H3,(H,46,50)(H,47,51)/t38?,41-,42-,43-,53?/m0/s1. The van der Waals surface area contributed by atoms with Gasteiger partial charge in [0.05, 0.1) is 0 Å². The van der Waals surface area contributed by atoms with Crippen LogP contribution in [0.5, 0.6) is 0 Å². The van der Waals surface area contributed by atoms with Gasteiger partial charge in [-0.15, -0.1) is 0 Å². The molecule has 2 saturated heterocycles. The summed E-state index contributed by atoms with van der Waals surface area (Å²) < 4.78 is 31.1. The quantitative estimate of drug-likeness (QED) is 0.136. The third kappa shape index (κ3) is 8.40. The summed E-state index contributed by atoms with van der Waals surface area (Å²) in [5.41, 5.74) is 3.43. The van der Waals surface area contributed by atoms with Gasteiger partial charge in [-0.05, 0) is 150 Å². The molecule has 0 spiro atoms. The average molecular weight is 751 g/mol. The SMILES string of the molecule is Cc1ccccc1P(=O)(N[C@@H](CN1CCCC1)C(C)C)c1ccc(C2CC[C@H](N3CCCC3)[C@@H](NP(=O)(c3ccccc3)c3ccccc3)C2)cc1C. The van der Waals surface area contributed by atoms with Crippen molar-refractivity contribution in [2.24, 2.45) is 5.92 Å². The Balaban J connectivity index is 1.21. The van der Waals surface area contributed by atoms with E-state index in [2.05, 4.69) is 78.0 Å². The van der Waals surface area contributed by atoms with Gasteiger partial charge in [-0.2, -0.15) is 0 Å². The Labute approximate surface area is 319 Å². The van der Waals surface area contributed by atoms with Crippen molar-refractivity contribution in [1.29, 1.82) is 0 Å².